The summed E-state index contributed by atoms with van der Waals surface area (Å²) in [7, 11) is -0.265. The number of hydrogen-bond acceptors (Lipinski definition) is 4. The molecular formula is C8H8BFO4. The molecule has 0 aromatic rings. The predicted octanol–water partition coefficient (Wildman–Crippen LogP) is 0.596. The second-order valence-corrected chi connectivity index (χ2v) is 2.67. The zero-order valence-corrected chi connectivity index (χ0v) is 7.44. The summed E-state index contributed by atoms with van der Waals surface area (Å²) in [5.41, 5.74) is 0.0782. The summed E-state index contributed by atoms with van der Waals surface area (Å²) in [6, 6.07) is 0. The average Bonchev–Trinajstić information content (AvgIpc) is 2.27. The van der Waals surface area contributed by atoms with Crippen molar-refractivity contribution < 1.29 is 23.9 Å². The fourth-order valence-corrected chi connectivity index (χ4v) is 1.13. The highest BCUT2D eigenvalue weighted by Crippen LogP contribution is 2.27. The second kappa shape index (κ2) is 4.76. The van der Waals surface area contributed by atoms with Gasteiger partial charge in [0.05, 0.1) is 12.9 Å². The fraction of sp³-hybridized carbons (Fsp3) is 0.250. The van der Waals surface area contributed by atoms with Crippen LogP contribution in [0.4, 0.5) is 4.53 Å². The van der Waals surface area contributed by atoms with Crippen LogP contribution in [-0.4, -0.2) is 25.2 Å². The van der Waals surface area contributed by atoms with Crippen LogP contribution in [0.1, 0.15) is 0 Å². The monoisotopic (exact) mass is 198 g/mol. The molecule has 74 valence electrons. The topological polar surface area (TPSA) is 55.8 Å². The summed E-state index contributed by atoms with van der Waals surface area (Å²) < 4.78 is 16.5. The molecular weight excluding hydrogens is 190 g/mol. The van der Waals surface area contributed by atoms with Gasteiger partial charge in [0, 0.05) is 5.57 Å². The Balaban J connectivity index is 2.90. The molecule has 1 rings (SSSR count). The Hall–Kier alpha value is -1.36. The van der Waals surface area contributed by atoms with Crippen molar-refractivity contribution in [3.05, 3.63) is 29.6 Å². The molecule has 4 nitrogen and oxygen atoms in total. The van der Waals surface area contributed by atoms with E-state index in [1.54, 1.807) is 5.94 Å². The summed E-state index contributed by atoms with van der Waals surface area (Å²) in [5.74, 6) is 1.17. The lowest BCUT2D eigenvalue weighted by Gasteiger charge is -2.15. The Kier molecular flexibility index (Phi) is 3.65. The molecule has 0 unspecified atom stereocenters. The van der Waals surface area contributed by atoms with E-state index < -0.39 is 12.9 Å². The van der Waals surface area contributed by atoms with Gasteiger partial charge in [0.2, 0.25) is 0 Å². The Bertz CT molecular complexity index is 319. The molecule has 0 saturated carbocycles. The van der Waals surface area contributed by atoms with Crippen LogP contribution in [-0.2, 0) is 14.4 Å². The van der Waals surface area contributed by atoms with Crippen molar-refractivity contribution in [2.75, 3.05) is 7.11 Å². The molecule has 0 aromatic heterocycles. The van der Waals surface area contributed by atoms with E-state index in [2.05, 4.69) is 4.86 Å². The van der Waals surface area contributed by atoms with E-state index in [1.807, 2.05) is 0 Å². The summed E-state index contributed by atoms with van der Waals surface area (Å²) in [6.45, 7) is 0. The third kappa shape index (κ3) is 2.11. The molecule has 1 aliphatic rings. The summed E-state index contributed by atoms with van der Waals surface area (Å²) in [4.78, 5) is 13.7. The van der Waals surface area contributed by atoms with E-state index in [0.717, 1.165) is 0 Å². The molecule has 0 heterocycles. The zero-order chi connectivity index (χ0) is 10.6. The lowest BCUT2D eigenvalue weighted by Crippen LogP contribution is -2.23. The zero-order valence-electron chi connectivity index (χ0n) is 7.44. The van der Waals surface area contributed by atoms with Crippen LogP contribution in [0.25, 0.3) is 0 Å². The van der Waals surface area contributed by atoms with Crippen molar-refractivity contribution in [2.45, 2.75) is 5.82 Å². The third-order valence-electron chi connectivity index (χ3n) is 1.88. The quantitative estimate of drug-likeness (QED) is 0.532. The van der Waals surface area contributed by atoms with Crippen LogP contribution in [0, 0.1) is 0 Å². The van der Waals surface area contributed by atoms with Crippen LogP contribution in [0.3, 0.4) is 0 Å². The Morgan fingerprint density at radius 1 is 1.71 bits per heavy atom. The number of hydrogen-bond donors (Lipinski definition) is 1. The minimum atomic E-state index is -1.70. The maximum Gasteiger partial charge on any atom is 0.507 e. The van der Waals surface area contributed by atoms with Crippen LogP contribution in [0.2, 0.25) is 5.82 Å². The highest BCUT2D eigenvalue weighted by atomic mass is 19.3. The van der Waals surface area contributed by atoms with Gasteiger partial charge in [-0.1, -0.05) is 10.6 Å². The van der Waals surface area contributed by atoms with E-state index in [0.29, 0.717) is 5.76 Å². The minimum absolute atomic E-state index is 0.0782. The first-order valence-corrected chi connectivity index (χ1v) is 3.87. The first-order valence-electron chi connectivity index (χ1n) is 3.87. The average molecular weight is 198 g/mol. The molecule has 6 heteroatoms. The minimum Gasteiger partial charge on any atom is -0.497 e. The normalized spacial score (nSPS) is 20.1. The molecule has 1 atom stereocenters. The van der Waals surface area contributed by atoms with E-state index in [-0.39, 0.29) is 5.57 Å². The molecule has 0 fully saturated rings. The number of rotatable bonds is 3. The van der Waals surface area contributed by atoms with Crippen molar-refractivity contribution >= 4 is 13.1 Å². The van der Waals surface area contributed by atoms with Gasteiger partial charge in [-0.3, -0.25) is 0 Å². The highest BCUT2D eigenvalue weighted by molar-refractivity contribution is 6.46. The van der Waals surface area contributed by atoms with Crippen molar-refractivity contribution in [2.24, 2.45) is 0 Å². The molecule has 0 saturated heterocycles. The third-order valence-corrected chi connectivity index (χ3v) is 1.88. The fourth-order valence-electron chi connectivity index (χ4n) is 1.13. The summed E-state index contributed by atoms with van der Waals surface area (Å²) in [5, 5.41) is 9.02. The van der Waals surface area contributed by atoms with E-state index in [9.17, 15) is 9.32 Å². The number of methoxy groups -OCH3 is 1. The first-order chi connectivity index (χ1) is 6.72. The van der Waals surface area contributed by atoms with Gasteiger partial charge in [-0.25, -0.2) is 9.65 Å². The van der Waals surface area contributed by atoms with Gasteiger partial charge in [-0.2, -0.15) is 0 Å². The molecule has 1 N–H and O–H groups in total. The molecule has 0 aromatic carbocycles. The van der Waals surface area contributed by atoms with Gasteiger partial charge in [-0.05, 0) is 12.2 Å². The molecule has 0 bridgehead atoms. The van der Waals surface area contributed by atoms with Gasteiger partial charge in [-0.15, -0.1) is 0 Å². The van der Waals surface area contributed by atoms with Crippen molar-refractivity contribution in [1.82, 2.24) is 0 Å². The largest absolute Gasteiger partial charge is 0.507 e. The lowest BCUT2D eigenvalue weighted by molar-refractivity contribution is -0.0325. The maximum atomic E-state index is 11.7. The maximum absolute atomic E-state index is 11.7. The van der Waals surface area contributed by atoms with Crippen molar-refractivity contribution in [3.63, 3.8) is 0 Å². The highest BCUT2D eigenvalue weighted by Gasteiger charge is 2.31. The Morgan fingerprint density at radius 3 is 2.93 bits per heavy atom. The number of ether oxygens (including phenoxy) is 1. The van der Waals surface area contributed by atoms with Gasteiger partial charge in [0.25, 0.3) is 0 Å². The van der Waals surface area contributed by atoms with Crippen LogP contribution >= 0.6 is 0 Å². The number of carbonyl (C=O) groups excluding carboxylic acids is 1. The van der Waals surface area contributed by atoms with Gasteiger partial charge in [0.1, 0.15) is 11.7 Å². The van der Waals surface area contributed by atoms with Gasteiger partial charge in [0.15, 0.2) is 0 Å². The molecule has 0 amide bonds. The predicted molar refractivity (Wildman–Crippen MR) is 47.4 cm³/mol. The standard InChI is InChI=1S/C8H8BFO4/c1-13-7-2-3-8(9(12)14-10)6(4-7)5-11/h2-4,8,12H,1H3/t8-/m0/s1. The second-order valence-electron chi connectivity index (χ2n) is 2.67. The lowest BCUT2D eigenvalue weighted by atomic mass is 9.67. The Morgan fingerprint density at radius 2 is 2.43 bits per heavy atom. The molecule has 1 aliphatic carbocycles. The van der Waals surface area contributed by atoms with E-state index in [1.165, 1.54) is 25.3 Å². The van der Waals surface area contributed by atoms with Gasteiger partial charge < -0.3 is 9.76 Å². The van der Waals surface area contributed by atoms with Crippen LogP contribution < -0.4 is 0 Å². The van der Waals surface area contributed by atoms with Crippen molar-refractivity contribution in [3.8, 4) is 0 Å². The first kappa shape index (κ1) is 10.7. The smallest absolute Gasteiger partial charge is 0.497 e. The van der Waals surface area contributed by atoms with E-state index in [4.69, 9.17) is 9.76 Å². The summed E-state index contributed by atoms with van der Waals surface area (Å²) >= 11 is 0. The van der Waals surface area contributed by atoms with E-state index >= 15 is 0 Å². The molecule has 0 radical (unpaired) electrons. The Labute approximate surface area is 80.4 Å². The van der Waals surface area contributed by atoms with Gasteiger partial charge >= 0.3 is 7.12 Å². The number of allylic oxidation sites excluding steroid dienone is 4. The molecule has 0 aliphatic heterocycles. The van der Waals surface area contributed by atoms with Crippen LogP contribution in [0.15, 0.2) is 29.6 Å². The summed E-state index contributed by atoms with van der Waals surface area (Å²) in [6.07, 6.45) is 4.27. The SMILES string of the molecule is COC1=CC(=C=O)[C@@H](B(O)OF)C=C1. The molecule has 0 spiro atoms. The number of halogens is 1. The van der Waals surface area contributed by atoms with Crippen molar-refractivity contribution in [1.29, 1.82) is 0 Å². The molecule has 14 heavy (non-hydrogen) atoms. The van der Waals surface area contributed by atoms with Crippen LogP contribution in [0.5, 0.6) is 0 Å².